The van der Waals surface area contributed by atoms with Gasteiger partial charge in [0.15, 0.2) is 0 Å². The van der Waals surface area contributed by atoms with E-state index in [1.165, 1.54) is 0 Å². The summed E-state index contributed by atoms with van der Waals surface area (Å²) in [7, 11) is 0. The van der Waals surface area contributed by atoms with Crippen molar-refractivity contribution in [3.05, 3.63) is 64.6 Å². The molecule has 7 nitrogen and oxygen atoms in total. The maximum atomic E-state index is 13.6. The molecule has 8 heteroatoms. The van der Waals surface area contributed by atoms with Gasteiger partial charge in [0.1, 0.15) is 12.1 Å². The van der Waals surface area contributed by atoms with Crippen molar-refractivity contribution in [3.63, 3.8) is 0 Å². The van der Waals surface area contributed by atoms with E-state index >= 15 is 0 Å². The molecule has 0 bridgehead atoms. The largest absolute Gasteiger partial charge is 0.355 e. The standard InChI is InChI=1S/C24H27BrN4O3/c1-2-26-21(30)16-28-17-29(18-8-4-3-5-9-18)24(23(28)32)12-14-27(15-13-24)22(31)19-10-6-7-11-20(19)25/h3-11H,2,12-17H2,1H3,(H,26,30). The van der Waals surface area contributed by atoms with Gasteiger partial charge in [0.05, 0.1) is 12.2 Å². The van der Waals surface area contributed by atoms with Gasteiger partial charge in [0, 0.05) is 29.8 Å². The monoisotopic (exact) mass is 498 g/mol. The molecule has 2 aromatic rings. The van der Waals surface area contributed by atoms with Gasteiger partial charge in [-0.3, -0.25) is 14.4 Å². The van der Waals surface area contributed by atoms with Gasteiger partial charge < -0.3 is 20.0 Å². The highest BCUT2D eigenvalue weighted by atomic mass is 79.9. The molecule has 2 fully saturated rings. The van der Waals surface area contributed by atoms with Crippen LogP contribution in [0.3, 0.4) is 0 Å². The molecule has 0 aliphatic carbocycles. The third-order valence-electron chi connectivity index (χ3n) is 6.27. The van der Waals surface area contributed by atoms with Crippen LogP contribution in [0.15, 0.2) is 59.1 Å². The van der Waals surface area contributed by atoms with E-state index in [0.29, 0.717) is 44.7 Å². The molecule has 0 saturated carbocycles. The smallest absolute Gasteiger partial charge is 0.255 e. The van der Waals surface area contributed by atoms with E-state index in [-0.39, 0.29) is 24.3 Å². The normalized spacial score (nSPS) is 17.7. The number of carbonyl (C=O) groups is 3. The Kier molecular flexibility index (Phi) is 6.50. The van der Waals surface area contributed by atoms with E-state index in [1.807, 2.05) is 66.4 Å². The molecule has 0 atom stereocenters. The molecule has 168 valence electrons. The molecule has 0 unspecified atom stereocenters. The Bertz CT molecular complexity index is 1010. The van der Waals surface area contributed by atoms with Crippen molar-refractivity contribution in [2.75, 3.05) is 37.7 Å². The maximum absolute atomic E-state index is 13.6. The molecular formula is C24H27BrN4O3. The molecule has 2 aliphatic rings. The first kappa shape index (κ1) is 22.3. The van der Waals surface area contributed by atoms with E-state index in [0.717, 1.165) is 10.2 Å². The number of benzene rings is 2. The fourth-order valence-corrected chi connectivity index (χ4v) is 5.09. The van der Waals surface area contributed by atoms with Crippen LogP contribution in [0.2, 0.25) is 0 Å². The van der Waals surface area contributed by atoms with E-state index in [4.69, 9.17) is 0 Å². The minimum Gasteiger partial charge on any atom is -0.355 e. The highest BCUT2D eigenvalue weighted by Gasteiger charge is 2.54. The van der Waals surface area contributed by atoms with Crippen LogP contribution in [0, 0.1) is 0 Å². The third kappa shape index (κ3) is 4.11. The van der Waals surface area contributed by atoms with Gasteiger partial charge in [-0.1, -0.05) is 30.3 Å². The Morgan fingerprint density at radius 2 is 1.69 bits per heavy atom. The van der Waals surface area contributed by atoms with E-state index in [1.54, 1.807) is 4.90 Å². The summed E-state index contributed by atoms with van der Waals surface area (Å²) in [5.74, 6) is -0.240. The SMILES string of the molecule is CCNC(=O)CN1CN(c2ccccc2)C2(CCN(C(=O)c3ccccc3Br)CC2)C1=O. The Morgan fingerprint density at radius 3 is 2.34 bits per heavy atom. The Morgan fingerprint density at radius 1 is 1.03 bits per heavy atom. The maximum Gasteiger partial charge on any atom is 0.255 e. The van der Waals surface area contributed by atoms with Crippen LogP contribution < -0.4 is 10.2 Å². The number of nitrogens with one attached hydrogen (secondary N) is 1. The predicted octanol–water partition coefficient (Wildman–Crippen LogP) is 2.87. The first-order valence-electron chi connectivity index (χ1n) is 10.9. The second-order valence-electron chi connectivity index (χ2n) is 8.17. The minimum atomic E-state index is -0.751. The number of carbonyl (C=O) groups excluding carboxylic acids is 3. The van der Waals surface area contributed by atoms with E-state index in [2.05, 4.69) is 26.1 Å². The number of para-hydroxylation sites is 1. The highest BCUT2D eigenvalue weighted by Crippen LogP contribution is 2.39. The van der Waals surface area contributed by atoms with Gasteiger partial charge in [-0.2, -0.15) is 0 Å². The van der Waals surface area contributed by atoms with Crippen LogP contribution in [0.1, 0.15) is 30.1 Å². The number of rotatable bonds is 5. The molecule has 4 rings (SSSR count). The number of hydrogen-bond acceptors (Lipinski definition) is 4. The average molecular weight is 499 g/mol. The summed E-state index contributed by atoms with van der Waals surface area (Å²) in [5, 5.41) is 2.78. The average Bonchev–Trinajstić information content (AvgIpc) is 3.06. The number of amides is 3. The molecule has 3 amide bonds. The fourth-order valence-electron chi connectivity index (χ4n) is 4.63. The van der Waals surface area contributed by atoms with Crippen molar-refractivity contribution in [1.29, 1.82) is 0 Å². The number of likely N-dealkylation sites (tertiary alicyclic amines) is 1. The lowest BCUT2D eigenvalue weighted by molar-refractivity contribution is -0.137. The summed E-state index contributed by atoms with van der Waals surface area (Å²) >= 11 is 3.46. The van der Waals surface area contributed by atoms with Crippen molar-refractivity contribution in [3.8, 4) is 0 Å². The van der Waals surface area contributed by atoms with Crippen molar-refractivity contribution >= 4 is 39.3 Å². The second-order valence-corrected chi connectivity index (χ2v) is 9.02. The number of piperidine rings is 1. The lowest BCUT2D eigenvalue weighted by Gasteiger charge is -2.43. The Hall–Kier alpha value is -2.87. The third-order valence-corrected chi connectivity index (χ3v) is 6.96. The number of anilines is 1. The van der Waals surface area contributed by atoms with Gasteiger partial charge in [-0.25, -0.2) is 0 Å². The molecule has 32 heavy (non-hydrogen) atoms. The molecule has 0 aromatic heterocycles. The van der Waals surface area contributed by atoms with Gasteiger partial charge >= 0.3 is 0 Å². The molecule has 2 aromatic carbocycles. The zero-order valence-corrected chi connectivity index (χ0v) is 19.7. The summed E-state index contributed by atoms with van der Waals surface area (Å²) < 4.78 is 0.765. The number of nitrogens with zero attached hydrogens (tertiary/aromatic N) is 3. The van der Waals surface area contributed by atoms with Crippen LogP contribution in [-0.2, 0) is 9.59 Å². The van der Waals surface area contributed by atoms with Gasteiger partial charge in [-0.05, 0) is 60.0 Å². The summed E-state index contributed by atoms with van der Waals surface area (Å²) in [6.07, 6.45) is 1.03. The summed E-state index contributed by atoms with van der Waals surface area (Å²) in [4.78, 5) is 44.4. The Labute approximate surface area is 196 Å². The molecule has 0 radical (unpaired) electrons. The van der Waals surface area contributed by atoms with Crippen LogP contribution in [-0.4, -0.2) is 65.9 Å². The predicted molar refractivity (Wildman–Crippen MR) is 126 cm³/mol. The molecule has 2 heterocycles. The van der Waals surface area contributed by atoms with Crippen LogP contribution in [0.4, 0.5) is 5.69 Å². The topological polar surface area (TPSA) is 73.0 Å². The molecule has 1 N–H and O–H groups in total. The first-order valence-corrected chi connectivity index (χ1v) is 11.7. The van der Waals surface area contributed by atoms with Gasteiger partial charge in [-0.15, -0.1) is 0 Å². The number of likely N-dealkylation sites (N-methyl/N-ethyl adjacent to an activating group) is 1. The Balaban J connectivity index is 1.57. The molecule has 2 saturated heterocycles. The van der Waals surface area contributed by atoms with Crippen LogP contribution >= 0.6 is 15.9 Å². The summed E-state index contributed by atoms with van der Waals surface area (Å²) in [6.45, 7) is 3.74. The lowest BCUT2D eigenvalue weighted by Crippen LogP contribution is -2.57. The zero-order chi connectivity index (χ0) is 22.7. The van der Waals surface area contributed by atoms with Gasteiger partial charge in [0.25, 0.3) is 11.8 Å². The fraction of sp³-hybridized carbons (Fsp3) is 0.375. The number of hydrogen-bond donors (Lipinski definition) is 1. The van der Waals surface area contributed by atoms with E-state index < -0.39 is 5.54 Å². The first-order chi connectivity index (χ1) is 15.5. The van der Waals surface area contributed by atoms with Gasteiger partial charge in [0.2, 0.25) is 5.91 Å². The van der Waals surface area contributed by atoms with Crippen molar-refractivity contribution in [2.24, 2.45) is 0 Å². The van der Waals surface area contributed by atoms with Crippen LogP contribution in [0.5, 0.6) is 0 Å². The van der Waals surface area contributed by atoms with Crippen LogP contribution in [0.25, 0.3) is 0 Å². The summed E-state index contributed by atoms with van der Waals surface area (Å²) in [5.41, 5.74) is 0.822. The lowest BCUT2D eigenvalue weighted by atomic mass is 9.85. The highest BCUT2D eigenvalue weighted by molar-refractivity contribution is 9.10. The minimum absolute atomic E-state index is 0.0387. The molecule has 2 aliphatic heterocycles. The molecule has 1 spiro atoms. The number of halogens is 1. The zero-order valence-electron chi connectivity index (χ0n) is 18.1. The molecular weight excluding hydrogens is 472 g/mol. The van der Waals surface area contributed by atoms with Crippen molar-refractivity contribution in [2.45, 2.75) is 25.3 Å². The van der Waals surface area contributed by atoms with Crippen molar-refractivity contribution < 1.29 is 14.4 Å². The van der Waals surface area contributed by atoms with E-state index in [9.17, 15) is 14.4 Å². The second kappa shape index (κ2) is 9.32. The van der Waals surface area contributed by atoms with Crippen molar-refractivity contribution in [1.82, 2.24) is 15.1 Å². The quantitative estimate of drug-likeness (QED) is 0.687. The summed E-state index contributed by atoms with van der Waals surface area (Å²) in [6, 6.07) is 17.2.